The van der Waals surface area contributed by atoms with Crippen LogP contribution in [0.2, 0.25) is 0 Å². The second kappa shape index (κ2) is 9.36. The number of rotatable bonds is 9. The molecule has 0 aliphatic heterocycles. The molecule has 2 rings (SSSR count). The van der Waals surface area contributed by atoms with Crippen LogP contribution in [-0.2, 0) is 4.74 Å². The molecule has 0 atom stereocenters. The normalized spacial score (nSPS) is 11.0. The molecular weight excluding hydrogens is 256 g/mol. The van der Waals surface area contributed by atoms with Gasteiger partial charge in [0.05, 0.1) is 6.61 Å². The third kappa shape index (κ3) is 5.35. The lowest BCUT2D eigenvalue weighted by Crippen LogP contribution is -2.10. The maximum absolute atomic E-state index is 5.93. The number of hydrogen-bond acceptors (Lipinski definition) is 1. The minimum absolute atomic E-state index is 0.320. The third-order valence-electron chi connectivity index (χ3n) is 3.73. The summed E-state index contributed by atoms with van der Waals surface area (Å²) in [4.78, 5) is 0. The highest BCUT2D eigenvalue weighted by molar-refractivity contribution is 5.32. The first-order valence-corrected chi connectivity index (χ1v) is 7.88. The number of benzene rings is 2. The molecule has 0 fully saturated rings. The van der Waals surface area contributed by atoms with E-state index in [4.69, 9.17) is 4.74 Å². The highest BCUT2D eigenvalue weighted by atomic mass is 16.5. The van der Waals surface area contributed by atoms with E-state index < -0.39 is 0 Å². The van der Waals surface area contributed by atoms with Gasteiger partial charge in [-0.3, -0.25) is 0 Å². The Balaban J connectivity index is 1.94. The van der Waals surface area contributed by atoms with Gasteiger partial charge in [0.15, 0.2) is 0 Å². The minimum atomic E-state index is 0.320. The van der Waals surface area contributed by atoms with Crippen molar-refractivity contribution in [3.8, 4) is 0 Å². The fourth-order valence-corrected chi connectivity index (χ4v) is 2.51. The highest BCUT2D eigenvalue weighted by Crippen LogP contribution is 2.24. The van der Waals surface area contributed by atoms with Crippen molar-refractivity contribution >= 4 is 0 Å². The molecule has 21 heavy (non-hydrogen) atoms. The first kappa shape index (κ1) is 15.8. The fourth-order valence-electron chi connectivity index (χ4n) is 2.51. The van der Waals surface area contributed by atoms with E-state index in [2.05, 4.69) is 67.6 Å². The molecule has 0 spiro atoms. The molecule has 0 aromatic heterocycles. The molecule has 1 heteroatoms. The fraction of sp³-hybridized carbons (Fsp3) is 0.350. The van der Waals surface area contributed by atoms with Gasteiger partial charge in [0, 0.05) is 12.5 Å². The molecule has 2 aromatic carbocycles. The Morgan fingerprint density at radius 3 is 1.86 bits per heavy atom. The van der Waals surface area contributed by atoms with E-state index in [-0.39, 0.29) is 0 Å². The molecule has 1 radical (unpaired) electrons. The van der Waals surface area contributed by atoms with Gasteiger partial charge in [-0.15, -0.1) is 0 Å². The van der Waals surface area contributed by atoms with Crippen LogP contribution >= 0.6 is 0 Å². The smallest absolute Gasteiger partial charge is 0.0575 e. The van der Waals surface area contributed by atoms with E-state index in [1.807, 2.05) is 0 Å². The summed E-state index contributed by atoms with van der Waals surface area (Å²) in [5.74, 6) is 0.320. The van der Waals surface area contributed by atoms with Gasteiger partial charge in [0.2, 0.25) is 0 Å². The zero-order valence-electron chi connectivity index (χ0n) is 12.7. The first-order chi connectivity index (χ1) is 10.4. The van der Waals surface area contributed by atoms with Crippen LogP contribution in [0.3, 0.4) is 0 Å². The summed E-state index contributed by atoms with van der Waals surface area (Å²) >= 11 is 0. The first-order valence-electron chi connectivity index (χ1n) is 7.88. The van der Waals surface area contributed by atoms with Crippen molar-refractivity contribution in [2.75, 3.05) is 13.2 Å². The van der Waals surface area contributed by atoms with Crippen LogP contribution in [0.15, 0.2) is 60.7 Å². The largest absolute Gasteiger partial charge is 0.380 e. The Bertz CT molecular complexity index is 438. The average Bonchev–Trinajstić information content (AvgIpc) is 2.56. The molecule has 2 aromatic rings. The van der Waals surface area contributed by atoms with E-state index in [0.29, 0.717) is 5.92 Å². The Morgan fingerprint density at radius 2 is 1.33 bits per heavy atom. The van der Waals surface area contributed by atoms with Crippen LogP contribution in [0.4, 0.5) is 0 Å². The molecular formula is C20H25O. The van der Waals surface area contributed by atoms with Gasteiger partial charge in [-0.25, -0.2) is 0 Å². The monoisotopic (exact) mass is 281 g/mol. The van der Waals surface area contributed by atoms with Gasteiger partial charge >= 0.3 is 0 Å². The van der Waals surface area contributed by atoms with Crippen LogP contribution in [0, 0.1) is 6.92 Å². The van der Waals surface area contributed by atoms with Crippen LogP contribution in [-0.4, -0.2) is 13.2 Å². The Kier molecular flexibility index (Phi) is 7.03. The maximum atomic E-state index is 5.93. The van der Waals surface area contributed by atoms with Gasteiger partial charge in [0.1, 0.15) is 0 Å². The second-order valence-electron chi connectivity index (χ2n) is 5.36. The lowest BCUT2D eigenvalue weighted by Gasteiger charge is -2.18. The topological polar surface area (TPSA) is 9.23 Å². The van der Waals surface area contributed by atoms with Gasteiger partial charge in [-0.05, 0) is 17.5 Å². The van der Waals surface area contributed by atoms with Gasteiger partial charge in [0.25, 0.3) is 0 Å². The molecule has 0 bridgehead atoms. The second-order valence-corrected chi connectivity index (χ2v) is 5.36. The zero-order valence-corrected chi connectivity index (χ0v) is 12.7. The zero-order chi connectivity index (χ0) is 14.8. The Morgan fingerprint density at radius 1 is 0.762 bits per heavy atom. The summed E-state index contributed by atoms with van der Waals surface area (Å²) in [6.07, 6.45) is 4.57. The van der Waals surface area contributed by atoms with E-state index in [9.17, 15) is 0 Å². The third-order valence-corrected chi connectivity index (χ3v) is 3.73. The summed E-state index contributed by atoms with van der Waals surface area (Å²) in [5, 5.41) is 0. The lowest BCUT2D eigenvalue weighted by atomic mass is 9.92. The Labute approximate surface area is 129 Å². The van der Waals surface area contributed by atoms with Crippen molar-refractivity contribution in [1.29, 1.82) is 0 Å². The van der Waals surface area contributed by atoms with Crippen LogP contribution in [0.1, 0.15) is 42.7 Å². The van der Waals surface area contributed by atoms with Crippen molar-refractivity contribution < 1.29 is 4.74 Å². The Hall–Kier alpha value is -1.60. The molecule has 0 saturated heterocycles. The summed E-state index contributed by atoms with van der Waals surface area (Å²) in [6, 6.07) is 21.2. The average molecular weight is 281 g/mol. The van der Waals surface area contributed by atoms with E-state index in [0.717, 1.165) is 26.1 Å². The predicted molar refractivity (Wildman–Crippen MR) is 89.4 cm³/mol. The maximum Gasteiger partial charge on any atom is 0.0575 e. The predicted octanol–water partition coefficient (Wildman–Crippen LogP) is 5.23. The van der Waals surface area contributed by atoms with Crippen molar-refractivity contribution in [2.24, 2.45) is 0 Å². The molecule has 0 saturated carbocycles. The SMILES string of the molecule is [CH2]CCCCCOCC(c1ccccc1)c1ccccc1. The number of unbranched alkanes of at least 4 members (excludes halogenated alkanes) is 3. The van der Waals surface area contributed by atoms with Crippen LogP contribution in [0.5, 0.6) is 0 Å². The molecule has 111 valence electrons. The van der Waals surface area contributed by atoms with E-state index in [1.165, 1.54) is 24.0 Å². The molecule has 0 heterocycles. The molecule has 1 nitrogen and oxygen atoms in total. The summed E-state index contributed by atoms with van der Waals surface area (Å²) in [6.45, 7) is 5.46. The molecule has 0 aliphatic rings. The van der Waals surface area contributed by atoms with Crippen molar-refractivity contribution in [2.45, 2.75) is 31.6 Å². The summed E-state index contributed by atoms with van der Waals surface area (Å²) < 4.78 is 5.93. The standard InChI is InChI=1S/C20H25O/c1-2-3-4-11-16-21-17-20(18-12-7-5-8-13-18)19-14-9-6-10-15-19/h5-10,12-15,20H,1-4,11,16-17H2. The summed E-state index contributed by atoms with van der Waals surface area (Å²) in [7, 11) is 0. The van der Waals surface area contributed by atoms with Gasteiger partial charge in [-0.1, -0.05) is 86.8 Å². The van der Waals surface area contributed by atoms with Crippen LogP contribution in [0.25, 0.3) is 0 Å². The van der Waals surface area contributed by atoms with Crippen molar-refractivity contribution in [3.63, 3.8) is 0 Å². The minimum Gasteiger partial charge on any atom is -0.380 e. The van der Waals surface area contributed by atoms with E-state index >= 15 is 0 Å². The molecule has 0 unspecified atom stereocenters. The molecule has 0 aliphatic carbocycles. The van der Waals surface area contributed by atoms with Gasteiger partial charge < -0.3 is 4.74 Å². The van der Waals surface area contributed by atoms with Gasteiger partial charge in [-0.2, -0.15) is 0 Å². The number of hydrogen-bond donors (Lipinski definition) is 0. The van der Waals surface area contributed by atoms with E-state index in [1.54, 1.807) is 0 Å². The quantitative estimate of drug-likeness (QED) is 0.572. The highest BCUT2D eigenvalue weighted by Gasteiger charge is 2.13. The summed E-state index contributed by atoms with van der Waals surface area (Å²) in [5.41, 5.74) is 2.64. The van der Waals surface area contributed by atoms with Crippen molar-refractivity contribution in [3.05, 3.63) is 78.7 Å². The lowest BCUT2D eigenvalue weighted by molar-refractivity contribution is 0.123. The van der Waals surface area contributed by atoms with Crippen molar-refractivity contribution in [1.82, 2.24) is 0 Å². The van der Waals surface area contributed by atoms with Crippen LogP contribution < -0.4 is 0 Å². The molecule has 0 N–H and O–H groups in total. The molecule has 0 amide bonds. The number of ether oxygens (including phenoxy) is 1.